The smallest absolute Gasteiger partial charge is 0.258 e. The summed E-state index contributed by atoms with van der Waals surface area (Å²) in [4.78, 5) is 13.8. The van der Waals surface area contributed by atoms with Gasteiger partial charge >= 0.3 is 0 Å². The van der Waals surface area contributed by atoms with Gasteiger partial charge < -0.3 is 4.90 Å². The van der Waals surface area contributed by atoms with Gasteiger partial charge in [0.2, 0.25) is 0 Å². The van der Waals surface area contributed by atoms with Crippen LogP contribution in [-0.2, 0) is 0 Å². The van der Waals surface area contributed by atoms with Crippen LogP contribution < -0.4 is 4.90 Å². The highest BCUT2D eigenvalue weighted by Crippen LogP contribution is 2.20. The fourth-order valence-corrected chi connectivity index (χ4v) is 2.42. The largest absolute Gasteiger partial charge is 0.309 e. The molecule has 0 fully saturated rings. The molecule has 20 heavy (non-hydrogen) atoms. The second-order valence-corrected chi connectivity index (χ2v) is 5.40. The van der Waals surface area contributed by atoms with Gasteiger partial charge in [-0.2, -0.15) is 0 Å². The number of benzene rings is 2. The van der Waals surface area contributed by atoms with Crippen molar-refractivity contribution in [3.8, 4) is 0 Å². The van der Waals surface area contributed by atoms with Gasteiger partial charge in [0, 0.05) is 27.4 Å². The molecule has 2 rings (SSSR count). The molecule has 0 heterocycles. The summed E-state index contributed by atoms with van der Waals surface area (Å²) in [5.74, 6) is -2.13. The SMILES string of the molecule is CCN(C(=O)c1cccc(I)c1)c1ccc(F)c(F)c1. The number of anilines is 1. The minimum atomic E-state index is -0.962. The summed E-state index contributed by atoms with van der Waals surface area (Å²) >= 11 is 2.12. The molecular formula is C15H12F2INO. The number of hydrogen-bond acceptors (Lipinski definition) is 1. The standard InChI is InChI=1S/C15H12F2INO/c1-2-19(12-6-7-13(16)14(17)9-12)15(20)10-4-3-5-11(18)8-10/h3-9H,2H2,1H3. The first-order valence-corrected chi connectivity index (χ1v) is 7.13. The van der Waals surface area contributed by atoms with E-state index in [1.165, 1.54) is 11.0 Å². The minimum Gasteiger partial charge on any atom is -0.309 e. The molecule has 0 saturated carbocycles. The first kappa shape index (κ1) is 14.9. The van der Waals surface area contributed by atoms with Crippen molar-refractivity contribution < 1.29 is 13.6 Å². The summed E-state index contributed by atoms with van der Waals surface area (Å²) in [5.41, 5.74) is 0.860. The van der Waals surface area contributed by atoms with Crippen LogP contribution in [0.3, 0.4) is 0 Å². The van der Waals surface area contributed by atoms with Gasteiger partial charge in [0.05, 0.1) is 0 Å². The van der Waals surface area contributed by atoms with E-state index in [1.54, 1.807) is 25.1 Å². The van der Waals surface area contributed by atoms with Crippen LogP contribution >= 0.6 is 22.6 Å². The van der Waals surface area contributed by atoms with Gasteiger partial charge in [-0.25, -0.2) is 8.78 Å². The van der Waals surface area contributed by atoms with Crippen LogP contribution in [0.1, 0.15) is 17.3 Å². The highest BCUT2D eigenvalue weighted by Gasteiger charge is 2.17. The molecular weight excluding hydrogens is 375 g/mol. The Morgan fingerprint density at radius 3 is 2.50 bits per heavy atom. The van der Waals surface area contributed by atoms with E-state index in [1.807, 2.05) is 6.07 Å². The summed E-state index contributed by atoms with van der Waals surface area (Å²) < 4.78 is 27.2. The van der Waals surface area contributed by atoms with Crippen molar-refractivity contribution in [1.29, 1.82) is 0 Å². The monoisotopic (exact) mass is 387 g/mol. The van der Waals surface area contributed by atoms with Gasteiger partial charge in [-0.05, 0) is 59.8 Å². The van der Waals surface area contributed by atoms with Crippen LogP contribution in [0.4, 0.5) is 14.5 Å². The number of halogens is 3. The lowest BCUT2D eigenvalue weighted by Crippen LogP contribution is -2.30. The summed E-state index contributed by atoms with van der Waals surface area (Å²) in [6.45, 7) is 2.16. The van der Waals surface area contributed by atoms with Crippen LogP contribution in [0.5, 0.6) is 0 Å². The Morgan fingerprint density at radius 2 is 1.90 bits per heavy atom. The molecule has 0 aliphatic carbocycles. The lowest BCUT2D eigenvalue weighted by atomic mass is 10.2. The molecule has 5 heteroatoms. The van der Waals surface area contributed by atoms with Gasteiger partial charge in [-0.3, -0.25) is 4.79 Å². The molecule has 0 aliphatic heterocycles. The fourth-order valence-electron chi connectivity index (χ4n) is 1.87. The van der Waals surface area contributed by atoms with Crippen molar-refractivity contribution >= 4 is 34.2 Å². The van der Waals surface area contributed by atoms with Crippen LogP contribution in [0.2, 0.25) is 0 Å². The fraction of sp³-hybridized carbons (Fsp3) is 0.133. The van der Waals surface area contributed by atoms with Gasteiger partial charge in [0.1, 0.15) is 0 Å². The molecule has 1 amide bonds. The number of carbonyl (C=O) groups is 1. The average Bonchev–Trinajstić information content (AvgIpc) is 2.43. The number of rotatable bonds is 3. The molecule has 2 aromatic carbocycles. The van der Waals surface area contributed by atoms with E-state index in [2.05, 4.69) is 22.6 Å². The number of hydrogen-bond donors (Lipinski definition) is 0. The highest BCUT2D eigenvalue weighted by molar-refractivity contribution is 14.1. The Hall–Kier alpha value is -1.50. The molecule has 0 N–H and O–H groups in total. The Kier molecular flexibility index (Phi) is 4.69. The predicted molar refractivity (Wildman–Crippen MR) is 82.9 cm³/mol. The van der Waals surface area contributed by atoms with E-state index >= 15 is 0 Å². The molecule has 2 nitrogen and oxygen atoms in total. The normalized spacial score (nSPS) is 10.4. The maximum absolute atomic E-state index is 13.3. The lowest BCUT2D eigenvalue weighted by molar-refractivity contribution is 0.0988. The second kappa shape index (κ2) is 6.30. The summed E-state index contributed by atoms with van der Waals surface area (Å²) in [5, 5.41) is 0. The first-order valence-electron chi connectivity index (χ1n) is 6.05. The predicted octanol–water partition coefficient (Wildman–Crippen LogP) is 4.24. The molecule has 0 atom stereocenters. The van der Waals surface area contributed by atoms with Crippen molar-refractivity contribution in [2.24, 2.45) is 0 Å². The molecule has 0 aromatic heterocycles. The third-order valence-electron chi connectivity index (χ3n) is 2.85. The number of carbonyl (C=O) groups excluding carboxylic acids is 1. The topological polar surface area (TPSA) is 20.3 Å². The maximum atomic E-state index is 13.3. The molecule has 0 bridgehead atoms. The Bertz CT molecular complexity index is 646. The molecule has 2 aromatic rings. The summed E-state index contributed by atoms with van der Waals surface area (Å²) in [6.07, 6.45) is 0. The van der Waals surface area contributed by atoms with Gasteiger partial charge in [-0.15, -0.1) is 0 Å². The van der Waals surface area contributed by atoms with E-state index in [9.17, 15) is 13.6 Å². The molecule has 0 unspecified atom stereocenters. The number of nitrogens with zero attached hydrogens (tertiary/aromatic N) is 1. The molecule has 0 aliphatic rings. The van der Waals surface area contributed by atoms with Crippen molar-refractivity contribution in [1.82, 2.24) is 0 Å². The van der Waals surface area contributed by atoms with Crippen LogP contribution in [0, 0.1) is 15.2 Å². The zero-order chi connectivity index (χ0) is 14.7. The first-order chi connectivity index (χ1) is 9.52. The third kappa shape index (κ3) is 3.15. The molecule has 0 radical (unpaired) electrons. The molecule has 0 saturated heterocycles. The Labute approximate surface area is 129 Å². The van der Waals surface area contributed by atoms with E-state index in [0.717, 1.165) is 15.7 Å². The molecule has 104 valence electrons. The zero-order valence-corrected chi connectivity index (χ0v) is 12.9. The lowest BCUT2D eigenvalue weighted by Gasteiger charge is -2.21. The van der Waals surface area contributed by atoms with Gasteiger partial charge in [0.15, 0.2) is 11.6 Å². The Balaban J connectivity index is 2.36. The number of amides is 1. The van der Waals surface area contributed by atoms with Crippen molar-refractivity contribution in [3.63, 3.8) is 0 Å². The summed E-state index contributed by atoms with van der Waals surface area (Å²) in [6, 6.07) is 10.6. The zero-order valence-electron chi connectivity index (χ0n) is 10.7. The van der Waals surface area contributed by atoms with Crippen LogP contribution in [-0.4, -0.2) is 12.5 Å². The van der Waals surface area contributed by atoms with Gasteiger partial charge in [-0.1, -0.05) is 6.07 Å². The average molecular weight is 387 g/mol. The van der Waals surface area contributed by atoms with Crippen LogP contribution in [0.15, 0.2) is 42.5 Å². The summed E-state index contributed by atoms with van der Waals surface area (Å²) in [7, 11) is 0. The highest BCUT2D eigenvalue weighted by atomic mass is 127. The minimum absolute atomic E-state index is 0.239. The second-order valence-electron chi connectivity index (χ2n) is 4.16. The molecule has 0 spiro atoms. The van der Waals surface area contributed by atoms with Gasteiger partial charge in [0.25, 0.3) is 5.91 Å². The van der Waals surface area contributed by atoms with Crippen molar-refractivity contribution in [2.45, 2.75) is 6.92 Å². The quantitative estimate of drug-likeness (QED) is 0.722. The van der Waals surface area contributed by atoms with E-state index in [-0.39, 0.29) is 5.91 Å². The van der Waals surface area contributed by atoms with Crippen LogP contribution in [0.25, 0.3) is 0 Å². The van der Waals surface area contributed by atoms with E-state index in [4.69, 9.17) is 0 Å². The van der Waals surface area contributed by atoms with E-state index < -0.39 is 11.6 Å². The maximum Gasteiger partial charge on any atom is 0.258 e. The van der Waals surface area contributed by atoms with E-state index in [0.29, 0.717) is 17.8 Å². The van der Waals surface area contributed by atoms with Crippen molar-refractivity contribution in [3.05, 3.63) is 63.2 Å². The Morgan fingerprint density at radius 1 is 1.15 bits per heavy atom. The third-order valence-corrected chi connectivity index (χ3v) is 3.52. The van der Waals surface area contributed by atoms with Crippen molar-refractivity contribution in [2.75, 3.05) is 11.4 Å².